The van der Waals surface area contributed by atoms with E-state index in [1.165, 1.54) is 24.8 Å². The lowest BCUT2D eigenvalue weighted by Crippen LogP contribution is -2.04. The van der Waals surface area contributed by atoms with Crippen molar-refractivity contribution in [1.29, 1.82) is 0 Å². The number of carbonyl (C=O) groups excluding carboxylic acids is 1. The Hall–Kier alpha value is -0.790. The predicted molar refractivity (Wildman–Crippen MR) is 70.7 cm³/mol. The molecule has 0 aliphatic heterocycles. The van der Waals surface area contributed by atoms with Gasteiger partial charge < -0.3 is 4.74 Å². The van der Waals surface area contributed by atoms with Crippen molar-refractivity contribution >= 4 is 5.97 Å². The molecule has 1 rings (SSSR count). The van der Waals surface area contributed by atoms with E-state index in [0.29, 0.717) is 13.0 Å². The highest BCUT2D eigenvalue weighted by Crippen LogP contribution is 2.35. The van der Waals surface area contributed by atoms with Crippen molar-refractivity contribution in [3.05, 3.63) is 11.6 Å². The van der Waals surface area contributed by atoms with Crippen LogP contribution in [0.25, 0.3) is 0 Å². The highest BCUT2D eigenvalue weighted by Gasteiger charge is 2.21. The van der Waals surface area contributed by atoms with Crippen LogP contribution in [0.1, 0.15) is 59.3 Å². The minimum absolute atomic E-state index is 0.0704. The summed E-state index contributed by atoms with van der Waals surface area (Å²) >= 11 is 0. The van der Waals surface area contributed by atoms with E-state index in [-0.39, 0.29) is 5.97 Å². The first-order valence-electron chi connectivity index (χ1n) is 6.97. The van der Waals surface area contributed by atoms with Crippen molar-refractivity contribution in [3.8, 4) is 0 Å². The molecule has 0 aromatic carbocycles. The molecular formula is C15H26O2. The molecule has 0 radical (unpaired) electrons. The summed E-state index contributed by atoms with van der Waals surface area (Å²) in [4.78, 5) is 11.4. The first kappa shape index (κ1) is 14.3. The average molecular weight is 238 g/mol. The minimum Gasteiger partial charge on any atom is -0.465 e. The Labute approximate surface area is 105 Å². The van der Waals surface area contributed by atoms with Gasteiger partial charge in [0.1, 0.15) is 0 Å². The topological polar surface area (TPSA) is 26.3 Å². The summed E-state index contributed by atoms with van der Waals surface area (Å²) in [5.41, 5.74) is 1.45. The van der Waals surface area contributed by atoms with Gasteiger partial charge in [-0.25, -0.2) is 0 Å². The lowest BCUT2D eigenvalue weighted by Gasteiger charge is -2.11. The lowest BCUT2D eigenvalue weighted by atomic mass is 9.94. The van der Waals surface area contributed by atoms with Crippen molar-refractivity contribution in [3.63, 3.8) is 0 Å². The maximum Gasteiger partial charge on any atom is 0.309 e. The fraction of sp³-hybridized carbons (Fsp3) is 0.800. The summed E-state index contributed by atoms with van der Waals surface area (Å²) in [7, 11) is 0. The molecule has 1 atom stereocenters. The molecule has 0 aromatic rings. The Morgan fingerprint density at radius 2 is 2.29 bits per heavy atom. The molecule has 0 amide bonds. The third-order valence-electron chi connectivity index (χ3n) is 3.62. The summed E-state index contributed by atoms with van der Waals surface area (Å²) in [6.07, 6.45) is 8.24. The number of hydrogen-bond donors (Lipinski definition) is 0. The molecule has 0 bridgehead atoms. The summed E-state index contributed by atoms with van der Waals surface area (Å²) in [5, 5.41) is 0. The third kappa shape index (κ3) is 5.38. The maximum absolute atomic E-state index is 11.4. The maximum atomic E-state index is 11.4. The van der Waals surface area contributed by atoms with Crippen molar-refractivity contribution < 1.29 is 9.53 Å². The standard InChI is InChI=1S/C15H26O2/c1-4-5-10-17-15(16)9-7-13-6-8-14(11-13)12(2)3/h7,12,14H,4-6,8-11H2,1-3H3. The molecule has 2 heteroatoms. The quantitative estimate of drug-likeness (QED) is 0.395. The molecule has 98 valence electrons. The zero-order chi connectivity index (χ0) is 12.7. The Morgan fingerprint density at radius 3 is 2.88 bits per heavy atom. The molecule has 1 fully saturated rings. The Bertz CT molecular complexity index is 266. The normalized spacial score (nSPS) is 22.4. The van der Waals surface area contributed by atoms with Gasteiger partial charge in [-0.2, -0.15) is 0 Å². The zero-order valence-electron chi connectivity index (χ0n) is 11.5. The molecule has 1 saturated carbocycles. The van der Waals surface area contributed by atoms with Crippen molar-refractivity contribution in [1.82, 2.24) is 0 Å². The van der Waals surface area contributed by atoms with Crippen LogP contribution in [0.15, 0.2) is 11.6 Å². The highest BCUT2D eigenvalue weighted by atomic mass is 16.5. The van der Waals surface area contributed by atoms with Gasteiger partial charge in [-0.15, -0.1) is 0 Å². The highest BCUT2D eigenvalue weighted by molar-refractivity contribution is 5.71. The van der Waals surface area contributed by atoms with Gasteiger partial charge in [0, 0.05) is 0 Å². The molecular weight excluding hydrogens is 212 g/mol. The second-order valence-corrected chi connectivity index (χ2v) is 5.39. The van der Waals surface area contributed by atoms with E-state index in [0.717, 1.165) is 24.7 Å². The first-order valence-corrected chi connectivity index (χ1v) is 6.97. The molecule has 0 heterocycles. The van der Waals surface area contributed by atoms with Crippen LogP contribution < -0.4 is 0 Å². The van der Waals surface area contributed by atoms with Crippen molar-refractivity contribution in [2.24, 2.45) is 11.8 Å². The second-order valence-electron chi connectivity index (χ2n) is 5.39. The monoisotopic (exact) mass is 238 g/mol. The smallest absolute Gasteiger partial charge is 0.309 e. The van der Waals surface area contributed by atoms with Crippen LogP contribution in [0.5, 0.6) is 0 Å². The Morgan fingerprint density at radius 1 is 1.53 bits per heavy atom. The molecule has 1 aliphatic rings. The van der Waals surface area contributed by atoms with E-state index in [4.69, 9.17) is 4.74 Å². The summed E-state index contributed by atoms with van der Waals surface area (Å²) < 4.78 is 5.13. The molecule has 17 heavy (non-hydrogen) atoms. The number of esters is 1. The van der Waals surface area contributed by atoms with E-state index in [1.54, 1.807) is 0 Å². The summed E-state index contributed by atoms with van der Waals surface area (Å²) in [5.74, 6) is 1.51. The van der Waals surface area contributed by atoms with Gasteiger partial charge in [0.15, 0.2) is 0 Å². The van der Waals surface area contributed by atoms with Gasteiger partial charge in [0.05, 0.1) is 13.0 Å². The van der Waals surface area contributed by atoms with Crippen molar-refractivity contribution in [2.45, 2.75) is 59.3 Å². The van der Waals surface area contributed by atoms with Crippen LogP contribution in [0, 0.1) is 11.8 Å². The van der Waals surface area contributed by atoms with E-state index < -0.39 is 0 Å². The number of unbranched alkanes of at least 4 members (excludes halogenated alkanes) is 1. The van der Waals surface area contributed by atoms with E-state index >= 15 is 0 Å². The number of carbonyl (C=O) groups is 1. The lowest BCUT2D eigenvalue weighted by molar-refractivity contribution is -0.142. The first-order chi connectivity index (χ1) is 8.13. The average Bonchev–Trinajstić information content (AvgIpc) is 2.75. The van der Waals surface area contributed by atoms with Crippen LogP contribution in [-0.4, -0.2) is 12.6 Å². The SMILES string of the molecule is CCCCOC(=O)CC=C1CCC(C(C)C)C1. The van der Waals surface area contributed by atoms with Crippen LogP contribution >= 0.6 is 0 Å². The molecule has 1 unspecified atom stereocenters. The summed E-state index contributed by atoms with van der Waals surface area (Å²) in [6.45, 7) is 7.24. The van der Waals surface area contributed by atoms with Crippen LogP contribution in [0.4, 0.5) is 0 Å². The zero-order valence-corrected chi connectivity index (χ0v) is 11.5. The fourth-order valence-corrected chi connectivity index (χ4v) is 2.28. The van der Waals surface area contributed by atoms with Gasteiger partial charge in [-0.05, 0) is 37.5 Å². The summed E-state index contributed by atoms with van der Waals surface area (Å²) in [6, 6.07) is 0. The van der Waals surface area contributed by atoms with Crippen LogP contribution in [-0.2, 0) is 9.53 Å². The molecule has 0 aromatic heterocycles. The third-order valence-corrected chi connectivity index (χ3v) is 3.62. The number of rotatable bonds is 6. The molecule has 0 N–H and O–H groups in total. The van der Waals surface area contributed by atoms with Gasteiger partial charge >= 0.3 is 5.97 Å². The Kier molecular flexibility index (Phi) is 6.31. The van der Waals surface area contributed by atoms with E-state index in [1.807, 2.05) is 0 Å². The van der Waals surface area contributed by atoms with Gasteiger partial charge in [0.2, 0.25) is 0 Å². The fourth-order valence-electron chi connectivity index (χ4n) is 2.28. The second kappa shape index (κ2) is 7.52. The van der Waals surface area contributed by atoms with E-state index in [9.17, 15) is 4.79 Å². The molecule has 2 nitrogen and oxygen atoms in total. The van der Waals surface area contributed by atoms with Crippen LogP contribution in [0.2, 0.25) is 0 Å². The number of allylic oxidation sites excluding steroid dienone is 1. The Balaban J connectivity index is 2.23. The molecule has 1 aliphatic carbocycles. The molecule has 0 spiro atoms. The van der Waals surface area contributed by atoms with Gasteiger partial charge in [-0.3, -0.25) is 4.79 Å². The van der Waals surface area contributed by atoms with Crippen molar-refractivity contribution in [2.75, 3.05) is 6.61 Å². The predicted octanol–water partition coefficient (Wildman–Crippen LogP) is 4.10. The van der Waals surface area contributed by atoms with Gasteiger partial charge in [0.25, 0.3) is 0 Å². The van der Waals surface area contributed by atoms with E-state index in [2.05, 4.69) is 26.8 Å². The van der Waals surface area contributed by atoms with Gasteiger partial charge in [-0.1, -0.05) is 38.8 Å². The minimum atomic E-state index is -0.0704. The number of ether oxygens (including phenoxy) is 1. The largest absolute Gasteiger partial charge is 0.465 e. The van der Waals surface area contributed by atoms with Crippen LogP contribution in [0.3, 0.4) is 0 Å². The molecule has 0 saturated heterocycles. The number of hydrogen-bond acceptors (Lipinski definition) is 2.